The molecule has 15 heteroatoms. The summed E-state index contributed by atoms with van der Waals surface area (Å²) in [5.41, 5.74) is 6.90. The molecule has 0 radical (unpaired) electrons. The molecule has 1 fully saturated rings. The topological polar surface area (TPSA) is 135 Å². The quantitative estimate of drug-likeness (QED) is 0.249. The van der Waals surface area contributed by atoms with Crippen molar-refractivity contribution in [2.45, 2.75) is 56.6 Å². The van der Waals surface area contributed by atoms with E-state index in [9.17, 15) is 26.3 Å². The molecule has 0 bridgehead atoms. The molecule has 0 aliphatic heterocycles. The average Bonchev–Trinajstić information content (AvgIpc) is 2.64. The van der Waals surface area contributed by atoms with Gasteiger partial charge in [-0.05, 0) is 44.7 Å². The SMILES string of the molecule is CC1(N)CCC(ON=Cc2ccc(Cl)nc2)CC1.O=C(O)C(F)(F)F.O=C(O)C(F)(F)F. The number of aliphatic carboxylic acids is 2. The number of carbonyl (C=O) groups is 2. The molecule has 0 aromatic carbocycles. The molecule has 1 aliphatic carbocycles. The molecule has 8 nitrogen and oxygen atoms in total. The van der Waals surface area contributed by atoms with E-state index in [0.29, 0.717) is 5.15 Å². The molecule has 0 unspecified atom stereocenters. The summed E-state index contributed by atoms with van der Waals surface area (Å²) in [7, 11) is 0. The van der Waals surface area contributed by atoms with Gasteiger partial charge in [0.2, 0.25) is 0 Å². The Bertz CT molecular complexity index is 735. The molecule has 4 N–H and O–H groups in total. The molecule has 2 rings (SSSR count). The number of oxime groups is 1. The van der Waals surface area contributed by atoms with Gasteiger partial charge in [-0.3, -0.25) is 0 Å². The van der Waals surface area contributed by atoms with Crippen LogP contribution in [0, 0.1) is 0 Å². The second kappa shape index (κ2) is 12.4. The van der Waals surface area contributed by atoms with Crippen molar-refractivity contribution >= 4 is 29.8 Å². The van der Waals surface area contributed by atoms with E-state index in [1.165, 1.54) is 0 Å². The Morgan fingerprint density at radius 2 is 1.59 bits per heavy atom. The average molecular weight is 496 g/mol. The maximum atomic E-state index is 10.6. The van der Waals surface area contributed by atoms with Gasteiger partial charge in [0.15, 0.2) is 0 Å². The Balaban J connectivity index is 0.000000570. The summed E-state index contributed by atoms with van der Waals surface area (Å²) in [5.74, 6) is -5.51. The predicted octanol–water partition coefficient (Wildman–Crippen LogP) is 4.01. The van der Waals surface area contributed by atoms with Gasteiger partial charge in [0.05, 0.1) is 6.21 Å². The van der Waals surface area contributed by atoms with Gasteiger partial charge < -0.3 is 20.8 Å². The third-order valence-corrected chi connectivity index (χ3v) is 3.95. The Morgan fingerprint density at radius 3 is 1.94 bits per heavy atom. The highest BCUT2D eigenvalue weighted by Crippen LogP contribution is 2.27. The number of nitrogens with zero attached hydrogens (tertiary/aromatic N) is 2. The van der Waals surface area contributed by atoms with Crippen LogP contribution in [-0.2, 0) is 14.4 Å². The van der Waals surface area contributed by atoms with Gasteiger partial charge in [0, 0.05) is 17.3 Å². The Labute approximate surface area is 183 Å². The van der Waals surface area contributed by atoms with Gasteiger partial charge >= 0.3 is 24.3 Å². The maximum absolute atomic E-state index is 10.6. The number of pyridine rings is 1. The summed E-state index contributed by atoms with van der Waals surface area (Å²) in [6.45, 7) is 2.09. The number of alkyl halides is 6. The standard InChI is InChI=1S/C13H18ClN3O.2C2HF3O2/c1-13(15)6-4-11(5-7-13)18-17-9-10-2-3-12(14)16-8-10;2*3-2(4,5)1(6)7/h2-3,8-9,11H,4-7,15H2,1H3;2*(H,6,7). The van der Waals surface area contributed by atoms with Crippen molar-refractivity contribution in [2.75, 3.05) is 0 Å². The van der Waals surface area contributed by atoms with Gasteiger partial charge in [0.1, 0.15) is 11.3 Å². The molecular weight excluding hydrogens is 476 g/mol. The van der Waals surface area contributed by atoms with Crippen molar-refractivity contribution < 1.29 is 51.0 Å². The molecule has 32 heavy (non-hydrogen) atoms. The summed E-state index contributed by atoms with van der Waals surface area (Å²) < 4.78 is 63.5. The van der Waals surface area contributed by atoms with E-state index >= 15 is 0 Å². The Morgan fingerprint density at radius 1 is 1.16 bits per heavy atom. The number of carboxylic acids is 2. The predicted molar refractivity (Wildman–Crippen MR) is 100 cm³/mol. The number of nitrogens with two attached hydrogens (primary N) is 1. The lowest BCUT2D eigenvalue weighted by atomic mass is 9.83. The molecule has 0 amide bonds. The summed E-state index contributed by atoms with van der Waals surface area (Å²) in [6, 6.07) is 3.57. The number of carboxylic acid groups (broad SMARTS) is 2. The number of aromatic nitrogens is 1. The van der Waals surface area contributed by atoms with E-state index < -0.39 is 24.3 Å². The molecular formula is C17H20ClF6N3O5. The third kappa shape index (κ3) is 13.6. The zero-order valence-electron chi connectivity index (χ0n) is 16.5. The Kier molecular flexibility index (Phi) is 11.4. The van der Waals surface area contributed by atoms with E-state index in [1.807, 2.05) is 6.07 Å². The lowest BCUT2D eigenvalue weighted by Crippen LogP contribution is -2.41. The van der Waals surface area contributed by atoms with E-state index in [4.69, 9.17) is 42.0 Å². The highest BCUT2D eigenvalue weighted by atomic mass is 35.5. The van der Waals surface area contributed by atoms with Crippen LogP contribution in [0.3, 0.4) is 0 Å². The van der Waals surface area contributed by atoms with E-state index in [2.05, 4.69) is 17.1 Å². The number of hydrogen-bond donors (Lipinski definition) is 3. The van der Waals surface area contributed by atoms with Crippen molar-refractivity contribution in [3.63, 3.8) is 0 Å². The molecule has 0 saturated heterocycles. The second-order valence-electron chi connectivity index (χ2n) is 6.71. The van der Waals surface area contributed by atoms with Gasteiger partial charge in [-0.2, -0.15) is 26.3 Å². The van der Waals surface area contributed by atoms with Gasteiger partial charge in [-0.1, -0.05) is 16.8 Å². The highest BCUT2D eigenvalue weighted by molar-refractivity contribution is 6.29. The van der Waals surface area contributed by atoms with Crippen LogP contribution in [0.2, 0.25) is 5.15 Å². The second-order valence-corrected chi connectivity index (χ2v) is 7.10. The molecule has 1 heterocycles. The normalized spacial score (nSPS) is 21.0. The van der Waals surface area contributed by atoms with E-state index in [0.717, 1.165) is 31.2 Å². The zero-order chi connectivity index (χ0) is 25.2. The van der Waals surface area contributed by atoms with Crippen molar-refractivity contribution in [3.8, 4) is 0 Å². The zero-order valence-corrected chi connectivity index (χ0v) is 17.2. The lowest BCUT2D eigenvalue weighted by Gasteiger charge is -2.32. The summed E-state index contributed by atoms with van der Waals surface area (Å²) in [4.78, 5) is 27.2. The fourth-order valence-corrected chi connectivity index (χ4v) is 2.11. The van der Waals surface area contributed by atoms with Crippen molar-refractivity contribution in [3.05, 3.63) is 29.0 Å². The highest BCUT2D eigenvalue weighted by Gasteiger charge is 2.38. The summed E-state index contributed by atoms with van der Waals surface area (Å²) in [5, 5.41) is 18.7. The molecule has 0 atom stereocenters. The minimum absolute atomic E-state index is 0.0380. The first-order chi connectivity index (χ1) is 14.4. The lowest BCUT2D eigenvalue weighted by molar-refractivity contribution is -0.193. The largest absolute Gasteiger partial charge is 0.490 e. The number of halogens is 7. The van der Waals surface area contributed by atoms with Crippen LogP contribution in [0.1, 0.15) is 38.2 Å². The van der Waals surface area contributed by atoms with E-state index in [-0.39, 0.29) is 11.6 Å². The third-order valence-electron chi connectivity index (χ3n) is 3.72. The van der Waals surface area contributed by atoms with Crippen LogP contribution in [0.5, 0.6) is 0 Å². The van der Waals surface area contributed by atoms with Gasteiger partial charge in [-0.15, -0.1) is 0 Å². The van der Waals surface area contributed by atoms with Crippen LogP contribution in [-0.4, -0.2) is 57.3 Å². The van der Waals surface area contributed by atoms with Gasteiger partial charge in [-0.25, -0.2) is 14.6 Å². The molecule has 182 valence electrons. The number of hydrogen-bond acceptors (Lipinski definition) is 6. The first kappa shape index (κ1) is 29.4. The smallest absolute Gasteiger partial charge is 0.475 e. The van der Waals surface area contributed by atoms with Crippen LogP contribution in [0.4, 0.5) is 26.3 Å². The minimum Gasteiger partial charge on any atom is -0.475 e. The minimum atomic E-state index is -5.08. The van der Waals surface area contributed by atoms with Crippen LogP contribution in [0.25, 0.3) is 0 Å². The molecule has 1 aromatic rings. The van der Waals surface area contributed by atoms with Crippen LogP contribution < -0.4 is 5.73 Å². The molecule has 1 aromatic heterocycles. The Hall–Kier alpha value is -2.61. The van der Waals surface area contributed by atoms with Gasteiger partial charge in [0.25, 0.3) is 0 Å². The van der Waals surface area contributed by atoms with E-state index in [1.54, 1.807) is 18.5 Å². The molecule has 1 aliphatic rings. The van der Waals surface area contributed by atoms with Crippen molar-refractivity contribution in [1.29, 1.82) is 0 Å². The molecule has 1 saturated carbocycles. The monoisotopic (exact) mass is 495 g/mol. The fraction of sp³-hybridized carbons (Fsp3) is 0.529. The first-order valence-electron chi connectivity index (χ1n) is 8.64. The van der Waals surface area contributed by atoms with Crippen LogP contribution in [0.15, 0.2) is 23.5 Å². The summed E-state index contributed by atoms with van der Waals surface area (Å²) in [6.07, 6.45) is -2.79. The summed E-state index contributed by atoms with van der Waals surface area (Å²) >= 11 is 5.70. The van der Waals surface area contributed by atoms with Crippen molar-refractivity contribution in [1.82, 2.24) is 4.98 Å². The molecule has 0 spiro atoms. The number of rotatable bonds is 3. The van der Waals surface area contributed by atoms with Crippen LogP contribution >= 0.6 is 11.6 Å². The first-order valence-corrected chi connectivity index (χ1v) is 9.01. The van der Waals surface area contributed by atoms with Crippen molar-refractivity contribution in [2.24, 2.45) is 10.9 Å². The maximum Gasteiger partial charge on any atom is 0.490 e. The fourth-order valence-electron chi connectivity index (χ4n) is 2.00.